The summed E-state index contributed by atoms with van der Waals surface area (Å²) in [7, 11) is -3.58. The van der Waals surface area contributed by atoms with E-state index < -0.39 is 20.6 Å². The molecule has 1 aliphatic heterocycles. The van der Waals surface area contributed by atoms with Gasteiger partial charge < -0.3 is 10.2 Å². The summed E-state index contributed by atoms with van der Waals surface area (Å²) in [6, 6.07) is 20.7. The van der Waals surface area contributed by atoms with Crippen LogP contribution < -0.4 is 5.32 Å². The summed E-state index contributed by atoms with van der Waals surface area (Å²) in [4.78, 5) is 28.1. The van der Waals surface area contributed by atoms with Gasteiger partial charge in [-0.05, 0) is 42.7 Å². The smallest absolute Gasteiger partial charge is 0.243 e. The Morgan fingerprint density at radius 1 is 1.05 bits per heavy atom. The molecule has 2 aromatic rings. The zero-order valence-electron chi connectivity index (χ0n) is 21.9. The van der Waals surface area contributed by atoms with Gasteiger partial charge in [0.1, 0.15) is 6.04 Å². The lowest BCUT2D eigenvalue weighted by Gasteiger charge is -2.29. The fraction of sp³-hybridized carbons (Fsp3) is 0.483. The van der Waals surface area contributed by atoms with Crippen LogP contribution in [0.2, 0.25) is 0 Å². The highest BCUT2D eigenvalue weighted by Crippen LogP contribution is 2.32. The summed E-state index contributed by atoms with van der Waals surface area (Å²) in [6.45, 7) is 4.00. The molecule has 7 nitrogen and oxygen atoms in total. The Balaban J connectivity index is 1.64. The van der Waals surface area contributed by atoms with Gasteiger partial charge in [-0.15, -0.1) is 0 Å². The standard InChI is InChI=1S/C29H37N3O4S/c1-22(2)29(21-30,37(3,35)36)19-11-10-18-26(33)32-20-12-17-25(32)28(34)31-27(23-13-6-4-7-14-23)24-15-8-5-9-16-24/h4-9,13-16,22,25,27H,10-12,17-20H2,1-3H3,(H,31,34)/t25-,29?/m1/s1. The maximum absolute atomic E-state index is 13.4. The van der Waals surface area contributed by atoms with Gasteiger partial charge in [-0.1, -0.05) is 80.9 Å². The van der Waals surface area contributed by atoms with E-state index in [0.29, 0.717) is 25.8 Å². The summed E-state index contributed by atoms with van der Waals surface area (Å²) in [5, 5.41) is 12.8. The summed E-state index contributed by atoms with van der Waals surface area (Å²) < 4.78 is 23.2. The van der Waals surface area contributed by atoms with Crippen molar-refractivity contribution in [3.63, 3.8) is 0 Å². The van der Waals surface area contributed by atoms with Crippen molar-refractivity contribution in [1.82, 2.24) is 10.2 Å². The quantitative estimate of drug-likeness (QED) is 0.439. The van der Waals surface area contributed by atoms with E-state index in [1.54, 1.807) is 18.7 Å². The number of carbonyl (C=O) groups is 2. The number of nitrogens with zero attached hydrogens (tertiary/aromatic N) is 2. The van der Waals surface area contributed by atoms with E-state index in [1.165, 1.54) is 0 Å². The van der Waals surface area contributed by atoms with Crippen LogP contribution in [-0.2, 0) is 19.4 Å². The van der Waals surface area contributed by atoms with Crippen molar-refractivity contribution in [2.24, 2.45) is 5.92 Å². The highest BCUT2D eigenvalue weighted by atomic mass is 32.2. The van der Waals surface area contributed by atoms with E-state index in [-0.39, 0.29) is 36.6 Å². The molecule has 0 spiro atoms. The molecule has 0 saturated carbocycles. The van der Waals surface area contributed by atoms with Crippen LogP contribution in [0.25, 0.3) is 0 Å². The van der Waals surface area contributed by atoms with Gasteiger partial charge in [0.15, 0.2) is 14.6 Å². The number of nitriles is 1. The van der Waals surface area contributed by atoms with Crippen molar-refractivity contribution in [2.45, 2.75) is 69.2 Å². The number of hydrogen-bond donors (Lipinski definition) is 1. The molecule has 1 N–H and O–H groups in total. The Morgan fingerprint density at radius 3 is 2.11 bits per heavy atom. The van der Waals surface area contributed by atoms with Gasteiger partial charge in [0.05, 0.1) is 12.1 Å². The van der Waals surface area contributed by atoms with Crippen molar-refractivity contribution in [2.75, 3.05) is 12.8 Å². The number of amides is 2. The van der Waals surface area contributed by atoms with Crippen LogP contribution in [0.15, 0.2) is 60.7 Å². The molecule has 198 valence electrons. The van der Waals surface area contributed by atoms with Crippen LogP contribution in [0.5, 0.6) is 0 Å². The van der Waals surface area contributed by atoms with Crippen LogP contribution in [0, 0.1) is 17.2 Å². The number of rotatable bonds is 11. The third kappa shape index (κ3) is 6.58. The first-order valence-electron chi connectivity index (χ1n) is 12.9. The molecule has 3 rings (SSSR count). The molecule has 8 heteroatoms. The largest absolute Gasteiger partial charge is 0.343 e. The first-order chi connectivity index (χ1) is 17.6. The van der Waals surface area contributed by atoms with Crippen LogP contribution in [0.4, 0.5) is 0 Å². The molecule has 0 radical (unpaired) electrons. The van der Waals surface area contributed by atoms with Gasteiger partial charge in [-0.2, -0.15) is 5.26 Å². The molecular weight excluding hydrogens is 486 g/mol. The maximum Gasteiger partial charge on any atom is 0.243 e. The lowest BCUT2D eigenvalue weighted by molar-refractivity contribution is -0.138. The van der Waals surface area contributed by atoms with Crippen molar-refractivity contribution in [3.8, 4) is 6.07 Å². The van der Waals surface area contributed by atoms with Gasteiger partial charge in [-0.3, -0.25) is 9.59 Å². The number of sulfone groups is 1. The third-order valence-electron chi connectivity index (χ3n) is 7.40. The number of unbranched alkanes of at least 4 members (excludes halogenated alkanes) is 1. The fourth-order valence-electron chi connectivity index (χ4n) is 5.20. The maximum atomic E-state index is 13.4. The van der Waals surface area contributed by atoms with E-state index in [1.807, 2.05) is 66.7 Å². The number of benzene rings is 2. The fourth-order valence-corrected chi connectivity index (χ4v) is 6.74. The lowest BCUT2D eigenvalue weighted by Crippen LogP contribution is -2.47. The summed E-state index contributed by atoms with van der Waals surface area (Å²) in [5.74, 6) is -0.638. The van der Waals surface area contributed by atoms with Gasteiger partial charge in [0.2, 0.25) is 11.8 Å². The summed E-state index contributed by atoms with van der Waals surface area (Å²) >= 11 is 0. The van der Waals surface area contributed by atoms with Gasteiger partial charge in [-0.25, -0.2) is 8.42 Å². The van der Waals surface area contributed by atoms with Gasteiger partial charge in [0.25, 0.3) is 0 Å². The molecule has 1 aliphatic rings. The second-order valence-electron chi connectivity index (χ2n) is 10.1. The van der Waals surface area contributed by atoms with E-state index in [9.17, 15) is 23.3 Å². The molecule has 1 unspecified atom stereocenters. The minimum absolute atomic E-state index is 0.111. The Labute approximate surface area is 220 Å². The van der Waals surface area contributed by atoms with E-state index in [0.717, 1.165) is 23.8 Å². The molecule has 1 saturated heterocycles. The third-order valence-corrected chi connectivity index (χ3v) is 9.49. The molecule has 2 amide bonds. The Bertz CT molecular complexity index is 1170. The van der Waals surface area contributed by atoms with E-state index in [4.69, 9.17) is 0 Å². The lowest BCUT2D eigenvalue weighted by atomic mass is 9.90. The topological polar surface area (TPSA) is 107 Å². The SMILES string of the molecule is CC(C)C(C#N)(CCCCC(=O)N1CCC[C@@H]1C(=O)NC(c1ccccc1)c1ccccc1)S(C)(=O)=O. The summed E-state index contributed by atoms with van der Waals surface area (Å²) in [5.41, 5.74) is 1.94. The molecule has 0 aromatic heterocycles. The minimum Gasteiger partial charge on any atom is -0.343 e. The van der Waals surface area contributed by atoms with Crippen LogP contribution in [0.3, 0.4) is 0 Å². The van der Waals surface area contributed by atoms with E-state index in [2.05, 4.69) is 5.32 Å². The molecule has 2 aromatic carbocycles. The molecule has 1 heterocycles. The molecular formula is C29H37N3O4S. The number of hydrogen-bond acceptors (Lipinski definition) is 5. The van der Waals surface area contributed by atoms with Gasteiger partial charge >= 0.3 is 0 Å². The molecule has 0 aliphatic carbocycles. The molecule has 37 heavy (non-hydrogen) atoms. The van der Waals surface area contributed by atoms with E-state index >= 15 is 0 Å². The number of likely N-dealkylation sites (tertiary alicyclic amines) is 1. The Morgan fingerprint density at radius 2 is 1.62 bits per heavy atom. The monoisotopic (exact) mass is 523 g/mol. The zero-order valence-corrected chi connectivity index (χ0v) is 22.7. The van der Waals surface area contributed by atoms with Crippen molar-refractivity contribution in [3.05, 3.63) is 71.8 Å². The van der Waals surface area contributed by atoms with Crippen LogP contribution >= 0.6 is 0 Å². The average Bonchev–Trinajstić information content (AvgIpc) is 3.37. The summed E-state index contributed by atoms with van der Waals surface area (Å²) in [6.07, 6.45) is 3.77. The van der Waals surface area contributed by atoms with Crippen molar-refractivity contribution >= 4 is 21.7 Å². The molecule has 2 atom stereocenters. The molecule has 1 fully saturated rings. The Kier molecular flexibility index (Phi) is 9.50. The first kappa shape index (κ1) is 28.4. The number of nitrogens with one attached hydrogen (secondary N) is 1. The second kappa shape index (κ2) is 12.4. The predicted octanol–water partition coefficient (Wildman–Crippen LogP) is 4.41. The van der Waals surface area contributed by atoms with Gasteiger partial charge in [0, 0.05) is 19.2 Å². The van der Waals surface area contributed by atoms with Crippen molar-refractivity contribution < 1.29 is 18.0 Å². The highest BCUT2D eigenvalue weighted by Gasteiger charge is 2.44. The predicted molar refractivity (Wildman–Crippen MR) is 144 cm³/mol. The molecule has 0 bridgehead atoms. The normalized spacial score (nSPS) is 17.4. The minimum atomic E-state index is -3.58. The zero-order chi connectivity index (χ0) is 27.1. The second-order valence-corrected chi connectivity index (χ2v) is 12.4. The number of carbonyl (C=O) groups excluding carboxylic acids is 2. The average molecular weight is 524 g/mol. The first-order valence-corrected chi connectivity index (χ1v) is 14.8. The van der Waals surface area contributed by atoms with Crippen LogP contribution in [0.1, 0.15) is 69.5 Å². The Hall–Kier alpha value is -3.18. The van der Waals surface area contributed by atoms with Crippen LogP contribution in [-0.4, -0.2) is 48.7 Å². The van der Waals surface area contributed by atoms with Crippen molar-refractivity contribution in [1.29, 1.82) is 5.26 Å². The highest BCUT2D eigenvalue weighted by molar-refractivity contribution is 7.92.